The van der Waals surface area contributed by atoms with Crippen LogP contribution in [0.1, 0.15) is 34.6 Å². The fourth-order valence-corrected chi connectivity index (χ4v) is 6.45. The summed E-state index contributed by atoms with van der Waals surface area (Å²) < 4.78 is 39.4. The molecule has 0 fully saturated rings. The molecule has 1 aliphatic carbocycles. The van der Waals surface area contributed by atoms with Gasteiger partial charge in [-0.2, -0.15) is 0 Å². The number of esters is 2. The van der Waals surface area contributed by atoms with Crippen LogP contribution in [0.2, 0.25) is 0 Å². The lowest BCUT2D eigenvalue weighted by Gasteiger charge is -2.33. The molecule has 0 bridgehead atoms. The highest BCUT2D eigenvalue weighted by atomic mass is 32.2. The van der Waals surface area contributed by atoms with Gasteiger partial charge in [-0.25, -0.2) is 8.42 Å². The summed E-state index contributed by atoms with van der Waals surface area (Å²) in [5, 5.41) is 0. The van der Waals surface area contributed by atoms with Gasteiger partial charge in [-0.05, 0) is 49.1 Å². The summed E-state index contributed by atoms with van der Waals surface area (Å²) in [6.07, 6.45) is -0.0529. The fourth-order valence-electron chi connectivity index (χ4n) is 5.16. The summed E-state index contributed by atoms with van der Waals surface area (Å²) in [7, 11) is -0.458. The van der Waals surface area contributed by atoms with Crippen molar-refractivity contribution in [2.24, 2.45) is 5.41 Å². The normalized spacial score (nSPS) is 16.7. The van der Waals surface area contributed by atoms with E-state index in [1.54, 1.807) is 12.1 Å². The standard InChI is InChI=1S/C30H31NO6S/c1-20-11-15-22(16-12-20)25-19-30(28(32)36-4,29(33)37-5)27(26(25)23-9-7-6-8-10-23)31(3)38(34,35)24-17-13-21(2)14-18-24/h6-18,25H,19H2,1-5H3. The summed E-state index contributed by atoms with van der Waals surface area (Å²) >= 11 is 0. The van der Waals surface area contributed by atoms with Gasteiger partial charge in [0.2, 0.25) is 5.41 Å². The average Bonchev–Trinajstić information content (AvgIpc) is 3.29. The van der Waals surface area contributed by atoms with E-state index in [0.29, 0.717) is 11.1 Å². The molecule has 1 atom stereocenters. The smallest absolute Gasteiger partial charge is 0.329 e. The van der Waals surface area contributed by atoms with E-state index in [0.717, 1.165) is 21.0 Å². The molecule has 3 aromatic carbocycles. The third-order valence-electron chi connectivity index (χ3n) is 7.14. The predicted octanol–water partition coefficient (Wildman–Crippen LogP) is 4.86. The van der Waals surface area contributed by atoms with E-state index in [1.807, 2.05) is 68.4 Å². The first-order valence-electron chi connectivity index (χ1n) is 12.2. The van der Waals surface area contributed by atoms with E-state index in [1.165, 1.54) is 33.4 Å². The van der Waals surface area contributed by atoms with E-state index in [2.05, 4.69) is 0 Å². The van der Waals surface area contributed by atoms with Crippen LogP contribution in [-0.2, 0) is 29.1 Å². The van der Waals surface area contributed by atoms with Gasteiger partial charge in [0.1, 0.15) is 0 Å². The lowest BCUT2D eigenvalue weighted by atomic mass is 9.81. The summed E-state index contributed by atoms with van der Waals surface area (Å²) in [5.74, 6) is -2.26. The summed E-state index contributed by atoms with van der Waals surface area (Å²) in [6.45, 7) is 3.83. The van der Waals surface area contributed by atoms with E-state index < -0.39 is 33.3 Å². The Labute approximate surface area is 223 Å². The molecule has 198 valence electrons. The molecule has 38 heavy (non-hydrogen) atoms. The van der Waals surface area contributed by atoms with Crippen molar-refractivity contribution in [1.29, 1.82) is 0 Å². The summed E-state index contributed by atoms with van der Waals surface area (Å²) in [5.41, 5.74) is 2.02. The molecule has 1 unspecified atom stereocenters. The number of sulfonamides is 1. The van der Waals surface area contributed by atoms with Crippen molar-refractivity contribution < 1.29 is 27.5 Å². The topological polar surface area (TPSA) is 90.0 Å². The average molecular weight is 534 g/mol. The number of rotatable bonds is 7. The highest BCUT2D eigenvalue weighted by Gasteiger charge is 2.61. The number of aryl methyl sites for hydroxylation is 2. The molecule has 7 nitrogen and oxygen atoms in total. The Kier molecular flexibility index (Phi) is 7.47. The molecule has 0 saturated heterocycles. The molecule has 0 aromatic heterocycles. The maximum absolute atomic E-state index is 14.0. The molecule has 0 saturated carbocycles. The van der Waals surface area contributed by atoms with Crippen LogP contribution in [0.5, 0.6) is 0 Å². The van der Waals surface area contributed by atoms with Crippen LogP contribution >= 0.6 is 0 Å². The van der Waals surface area contributed by atoms with Crippen molar-refractivity contribution in [3.05, 3.63) is 107 Å². The number of allylic oxidation sites excluding steroid dienone is 1. The van der Waals surface area contributed by atoms with Crippen molar-refractivity contribution in [2.45, 2.75) is 31.1 Å². The Morgan fingerprint density at radius 1 is 0.816 bits per heavy atom. The number of carbonyl (C=O) groups is 2. The zero-order valence-corrected chi connectivity index (χ0v) is 22.9. The zero-order chi connectivity index (χ0) is 27.7. The van der Waals surface area contributed by atoms with Crippen LogP contribution in [0.3, 0.4) is 0 Å². The van der Waals surface area contributed by atoms with Crippen LogP contribution < -0.4 is 0 Å². The number of carbonyl (C=O) groups excluding carboxylic acids is 2. The van der Waals surface area contributed by atoms with E-state index in [4.69, 9.17) is 9.47 Å². The highest BCUT2D eigenvalue weighted by molar-refractivity contribution is 7.89. The Balaban J connectivity index is 2.10. The number of benzene rings is 3. The van der Waals surface area contributed by atoms with Crippen LogP contribution in [-0.4, -0.2) is 45.9 Å². The first-order valence-corrected chi connectivity index (χ1v) is 13.6. The molecule has 1 aliphatic rings. The SMILES string of the molecule is COC(=O)C1(C(=O)OC)CC(c2ccc(C)cc2)C(c2ccccc2)=C1N(C)S(=O)(=O)c1ccc(C)cc1. The van der Waals surface area contributed by atoms with Crippen LogP contribution in [0.25, 0.3) is 5.57 Å². The number of nitrogens with zero attached hydrogens (tertiary/aromatic N) is 1. The van der Waals surface area contributed by atoms with Crippen molar-refractivity contribution in [3.63, 3.8) is 0 Å². The van der Waals surface area contributed by atoms with Gasteiger partial charge in [-0.1, -0.05) is 77.9 Å². The maximum atomic E-state index is 14.0. The number of hydrogen-bond acceptors (Lipinski definition) is 6. The monoisotopic (exact) mass is 533 g/mol. The Morgan fingerprint density at radius 2 is 1.32 bits per heavy atom. The van der Waals surface area contributed by atoms with Gasteiger partial charge in [0.25, 0.3) is 10.0 Å². The second-order valence-corrected chi connectivity index (χ2v) is 11.4. The van der Waals surface area contributed by atoms with E-state index in [-0.39, 0.29) is 17.0 Å². The van der Waals surface area contributed by atoms with Gasteiger partial charge in [0.05, 0.1) is 24.8 Å². The summed E-state index contributed by atoms with van der Waals surface area (Å²) in [6, 6.07) is 23.4. The molecule has 0 N–H and O–H groups in total. The minimum atomic E-state index is -4.19. The van der Waals surface area contributed by atoms with Gasteiger partial charge >= 0.3 is 11.9 Å². The second-order valence-electron chi connectivity index (χ2n) is 9.47. The number of methoxy groups -OCH3 is 2. The Hall–Kier alpha value is -3.91. The minimum absolute atomic E-state index is 0.0218. The van der Waals surface area contributed by atoms with Crippen LogP contribution in [0, 0.1) is 19.3 Å². The van der Waals surface area contributed by atoms with Crippen molar-refractivity contribution >= 4 is 27.5 Å². The number of hydrogen-bond donors (Lipinski definition) is 0. The first kappa shape index (κ1) is 27.1. The third-order valence-corrected chi connectivity index (χ3v) is 8.92. The molecule has 4 rings (SSSR count). The fraction of sp³-hybridized carbons (Fsp3) is 0.267. The maximum Gasteiger partial charge on any atom is 0.329 e. The predicted molar refractivity (Wildman–Crippen MR) is 144 cm³/mol. The molecule has 8 heteroatoms. The van der Waals surface area contributed by atoms with E-state index >= 15 is 0 Å². The third kappa shape index (κ3) is 4.49. The molecule has 0 spiro atoms. The molecule has 0 heterocycles. The minimum Gasteiger partial charge on any atom is -0.468 e. The summed E-state index contributed by atoms with van der Waals surface area (Å²) in [4.78, 5) is 27.2. The van der Waals surface area contributed by atoms with Crippen LogP contribution in [0.15, 0.2) is 89.5 Å². The molecule has 3 aromatic rings. The van der Waals surface area contributed by atoms with Crippen molar-refractivity contribution in [1.82, 2.24) is 4.31 Å². The van der Waals surface area contributed by atoms with E-state index in [9.17, 15) is 18.0 Å². The Bertz CT molecular complexity index is 1460. The van der Waals surface area contributed by atoms with Gasteiger partial charge in [-0.3, -0.25) is 13.9 Å². The van der Waals surface area contributed by atoms with Crippen molar-refractivity contribution in [3.8, 4) is 0 Å². The Morgan fingerprint density at radius 3 is 1.82 bits per heavy atom. The number of ether oxygens (including phenoxy) is 2. The van der Waals surface area contributed by atoms with Gasteiger partial charge in [0, 0.05) is 13.0 Å². The largest absolute Gasteiger partial charge is 0.468 e. The van der Waals surface area contributed by atoms with Crippen molar-refractivity contribution in [2.75, 3.05) is 21.3 Å². The van der Waals surface area contributed by atoms with Gasteiger partial charge < -0.3 is 9.47 Å². The highest BCUT2D eigenvalue weighted by Crippen LogP contribution is 2.57. The first-order chi connectivity index (χ1) is 18.1. The van der Waals surface area contributed by atoms with Crippen LogP contribution in [0.4, 0.5) is 0 Å². The zero-order valence-electron chi connectivity index (χ0n) is 22.1. The second kappa shape index (κ2) is 10.5. The van der Waals surface area contributed by atoms with Gasteiger partial charge in [0.15, 0.2) is 0 Å². The quantitative estimate of drug-likeness (QED) is 0.318. The molecule has 0 aliphatic heterocycles. The molecular weight excluding hydrogens is 502 g/mol. The lowest BCUT2D eigenvalue weighted by Crippen LogP contribution is -2.47. The van der Waals surface area contributed by atoms with Gasteiger partial charge in [-0.15, -0.1) is 0 Å². The molecule has 0 radical (unpaired) electrons. The molecular formula is C30H31NO6S. The molecule has 0 amide bonds. The lowest BCUT2D eigenvalue weighted by molar-refractivity contribution is -0.166.